The fourth-order valence-corrected chi connectivity index (χ4v) is 1.61. The molecule has 1 aromatic carbocycles. The summed E-state index contributed by atoms with van der Waals surface area (Å²) in [6, 6.07) is 7.84. The highest BCUT2D eigenvalue weighted by atomic mass is 16.5. The van der Waals surface area contributed by atoms with Crippen molar-refractivity contribution in [1.29, 1.82) is 0 Å². The summed E-state index contributed by atoms with van der Waals surface area (Å²) in [4.78, 5) is 4.19. The lowest BCUT2D eigenvalue weighted by molar-refractivity contribution is 0.120. The average molecular weight is 295 g/mol. The lowest BCUT2D eigenvalue weighted by Crippen LogP contribution is -2.34. The Labute approximate surface area is 126 Å². The monoisotopic (exact) mass is 295 g/mol. The third kappa shape index (κ3) is 8.16. The van der Waals surface area contributed by atoms with E-state index in [9.17, 15) is 0 Å². The summed E-state index contributed by atoms with van der Waals surface area (Å²) in [5.41, 5.74) is 6.80. The van der Waals surface area contributed by atoms with E-state index in [0.717, 1.165) is 17.7 Å². The van der Waals surface area contributed by atoms with Gasteiger partial charge in [0.05, 0.1) is 20.3 Å². The average Bonchev–Trinajstić information content (AvgIpc) is 2.51. The Hall–Kier alpha value is -1.79. The SMILES string of the molecule is COCCNC(N)=NCCCOCc1ccc(OC)cc1. The number of methoxy groups -OCH3 is 2. The molecule has 0 spiro atoms. The van der Waals surface area contributed by atoms with Gasteiger partial charge in [-0.25, -0.2) is 0 Å². The molecule has 0 heterocycles. The Bertz CT molecular complexity index is 407. The first-order chi connectivity index (χ1) is 10.3. The molecule has 6 heteroatoms. The number of nitrogens with two attached hydrogens (primary N) is 1. The third-order valence-corrected chi connectivity index (χ3v) is 2.77. The minimum absolute atomic E-state index is 0.446. The van der Waals surface area contributed by atoms with Crippen molar-refractivity contribution in [2.45, 2.75) is 13.0 Å². The topological polar surface area (TPSA) is 78.1 Å². The summed E-state index contributed by atoms with van der Waals surface area (Å²) < 4.78 is 15.6. The number of ether oxygens (including phenoxy) is 3. The largest absolute Gasteiger partial charge is 0.497 e. The maximum Gasteiger partial charge on any atom is 0.188 e. The summed E-state index contributed by atoms with van der Waals surface area (Å²) in [6.07, 6.45) is 0.836. The number of guanidine groups is 1. The second-order valence-electron chi connectivity index (χ2n) is 4.44. The number of benzene rings is 1. The van der Waals surface area contributed by atoms with Crippen LogP contribution >= 0.6 is 0 Å². The standard InChI is InChI=1S/C15H25N3O3/c1-19-11-9-18-15(16)17-8-3-10-21-12-13-4-6-14(20-2)7-5-13/h4-7H,3,8-12H2,1-2H3,(H3,16,17,18). The van der Waals surface area contributed by atoms with Crippen molar-refractivity contribution in [2.24, 2.45) is 10.7 Å². The normalized spacial score (nSPS) is 11.4. The van der Waals surface area contributed by atoms with E-state index in [2.05, 4.69) is 10.3 Å². The highest BCUT2D eigenvalue weighted by molar-refractivity contribution is 5.77. The Balaban J connectivity index is 2.07. The van der Waals surface area contributed by atoms with Crippen molar-refractivity contribution in [3.63, 3.8) is 0 Å². The molecule has 0 saturated heterocycles. The zero-order valence-corrected chi connectivity index (χ0v) is 12.8. The van der Waals surface area contributed by atoms with E-state index in [0.29, 0.717) is 38.9 Å². The molecule has 6 nitrogen and oxygen atoms in total. The van der Waals surface area contributed by atoms with Crippen LogP contribution in [0, 0.1) is 0 Å². The molecule has 0 aliphatic carbocycles. The molecule has 21 heavy (non-hydrogen) atoms. The first-order valence-electron chi connectivity index (χ1n) is 6.99. The van der Waals surface area contributed by atoms with E-state index < -0.39 is 0 Å². The van der Waals surface area contributed by atoms with Gasteiger partial charge in [-0.15, -0.1) is 0 Å². The van der Waals surface area contributed by atoms with Crippen LogP contribution in [0.2, 0.25) is 0 Å². The van der Waals surface area contributed by atoms with Crippen molar-refractivity contribution in [3.05, 3.63) is 29.8 Å². The minimum Gasteiger partial charge on any atom is -0.497 e. The van der Waals surface area contributed by atoms with Gasteiger partial charge in [-0.2, -0.15) is 0 Å². The van der Waals surface area contributed by atoms with Crippen molar-refractivity contribution < 1.29 is 14.2 Å². The van der Waals surface area contributed by atoms with Gasteiger partial charge in [-0.05, 0) is 24.1 Å². The number of aliphatic imine (C=N–C) groups is 1. The Morgan fingerprint density at radius 2 is 1.95 bits per heavy atom. The smallest absolute Gasteiger partial charge is 0.188 e. The van der Waals surface area contributed by atoms with E-state index in [4.69, 9.17) is 19.9 Å². The van der Waals surface area contributed by atoms with Crippen molar-refractivity contribution >= 4 is 5.96 Å². The molecule has 0 fully saturated rings. The van der Waals surface area contributed by atoms with Crippen LogP contribution in [-0.2, 0) is 16.1 Å². The van der Waals surface area contributed by atoms with Gasteiger partial charge in [0.15, 0.2) is 5.96 Å². The number of hydrogen-bond acceptors (Lipinski definition) is 4. The maximum atomic E-state index is 5.68. The molecule has 3 N–H and O–H groups in total. The van der Waals surface area contributed by atoms with Crippen LogP contribution in [0.15, 0.2) is 29.3 Å². The summed E-state index contributed by atoms with van der Waals surface area (Å²) in [5, 5.41) is 2.96. The predicted molar refractivity (Wildman–Crippen MR) is 83.6 cm³/mol. The van der Waals surface area contributed by atoms with E-state index >= 15 is 0 Å². The maximum absolute atomic E-state index is 5.68. The molecule has 0 atom stereocenters. The molecule has 0 amide bonds. The van der Waals surface area contributed by atoms with Gasteiger partial charge in [0.2, 0.25) is 0 Å². The van der Waals surface area contributed by atoms with Crippen LogP contribution in [0.3, 0.4) is 0 Å². The van der Waals surface area contributed by atoms with Crippen LogP contribution in [0.5, 0.6) is 5.75 Å². The highest BCUT2D eigenvalue weighted by Gasteiger charge is 1.95. The summed E-state index contributed by atoms with van der Waals surface area (Å²) >= 11 is 0. The van der Waals surface area contributed by atoms with Crippen molar-refractivity contribution in [1.82, 2.24) is 5.32 Å². The summed E-state index contributed by atoms with van der Waals surface area (Å²) in [6.45, 7) is 3.17. The number of hydrogen-bond donors (Lipinski definition) is 2. The zero-order chi connectivity index (χ0) is 15.3. The fourth-order valence-electron chi connectivity index (χ4n) is 1.61. The zero-order valence-electron chi connectivity index (χ0n) is 12.8. The molecule has 118 valence electrons. The summed E-state index contributed by atoms with van der Waals surface area (Å²) in [5.74, 6) is 1.30. The van der Waals surface area contributed by atoms with E-state index in [1.54, 1.807) is 14.2 Å². The van der Waals surface area contributed by atoms with E-state index in [1.165, 1.54) is 0 Å². The Morgan fingerprint density at radius 3 is 2.62 bits per heavy atom. The van der Waals surface area contributed by atoms with E-state index in [1.807, 2.05) is 24.3 Å². The third-order valence-electron chi connectivity index (χ3n) is 2.77. The van der Waals surface area contributed by atoms with Crippen LogP contribution < -0.4 is 15.8 Å². The van der Waals surface area contributed by atoms with Crippen LogP contribution in [0.1, 0.15) is 12.0 Å². The van der Waals surface area contributed by atoms with Crippen LogP contribution in [-0.4, -0.2) is 46.5 Å². The Kier molecular flexibility index (Phi) is 8.99. The molecule has 1 rings (SSSR count). The molecule has 0 radical (unpaired) electrons. The molecule has 0 aromatic heterocycles. The van der Waals surface area contributed by atoms with Crippen molar-refractivity contribution in [2.75, 3.05) is 40.5 Å². The molecule has 0 unspecified atom stereocenters. The molecular formula is C15H25N3O3. The van der Waals surface area contributed by atoms with Crippen LogP contribution in [0.25, 0.3) is 0 Å². The highest BCUT2D eigenvalue weighted by Crippen LogP contribution is 2.11. The molecule has 1 aromatic rings. The second-order valence-corrected chi connectivity index (χ2v) is 4.44. The first-order valence-corrected chi connectivity index (χ1v) is 6.99. The lowest BCUT2D eigenvalue weighted by atomic mass is 10.2. The second kappa shape index (κ2) is 10.9. The van der Waals surface area contributed by atoms with Gasteiger partial charge in [0, 0.05) is 26.8 Å². The number of nitrogens with one attached hydrogen (secondary N) is 1. The van der Waals surface area contributed by atoms with Crippen molar-refractivity contribution in [3.8, 4) is 5.75 Å². The summed E-state index contributed by atoms with van der Waals surface area (Å²) in [7, 11) is 3.30. The van der Waals surface area contributed by atoms with Gasteiger partial charge in [0.25, 0.3) is 0 Å². The molecular weight excluding hydrogens is 270 g/mol. The Morgan fingerprint density at radius 1 is 1.19 bits per heavy atom. The van der Waals surface area contributed by atoms with Gasteiger partial charge < -0.3 is 25.3 Å². The van der Waals surface area contributed by atoms with Crippen LogP contribution in [0.4, 0.5) is 0 Å². The van der Waals surface area contributed by atoms with Gasteiger partial charge in [-0.1, -0.05) is 12.1 Å². The molecule has 0 saturated carbocycles. The van der Waals surface area contributed by atoms with Gasteiger partial charge in [-0.3, -0.25) is 4.99 Å². The molecule has 0 aliphatic rings. The minimum atomic E-state index is 0.446. The fraction of sp³-hybridized carbons (Fsp3) is 0.533. The number of rotatable bonds is 10. The predicted octanol–water partition coefficient (Wildman–Crippen LogP) is 1.15. The number of nitrogens with zero attached hydrogens (tertiary/aromatic N) is 1. The molecule has 0 bridgehead atoms. The van der Waals surface area contributed by atoms with Gasteiger partial charge >= 0.3 is 0 Å². The van der Waals surface area contributed by atoms with E-state index in [-0.39, 0.29) is 0 Å². The lowest BCUT2D eigenvalue weighted by Gasteiger charge is -2.06. The quantitative estimate of drug-likeness (QED) is 0.385. The van der Waals surface area contributed by atoms with Gasteiger partial charge in [0.1, 0.15) is 5.75 Å². The molecule has 0 aliphatic heterocycles. The first kappa shape index (κ1) is 17.3.